The number of rotatable bonds is 2. The molecule has 0 saturated heterocycles. The zero-order chi connectivity index (χ0) is 15.9. The molecule has 0 bridgehead atoms. The third-order valence-electron chi connectivity index (χ3n) is 3.36. The largest absolute Gasteiger partial charge is 0.508 e. The Balaban J connectivity index is 0.00000192. The molecule has 2 aromatic heterocycles. The summed E-state index contributed by atoms with van der Waals surface area (Å²) in [4.78, 5) is 23.9. The maximum absolute atomic E-state index is 12.4. The highest BCUT2D eigenvalue weighted by Gasteiger charge is 2.11. The van der Waals surface area contributed by atoms with Crippen LogP contribution in [0.5, 0.6) is 11.5 Å². The SMILES string of the molecule is Cl.O=c1ccn2ccn(Cc3ccc(Cl)cc3O)c(=O)c2c1O. The number of aromatic hydroxyl groups is 2. The van der Waals surface area contributed by atoms with Gasteiger partial charge in [-0.2, -0.15) is 0 Å². The van der Waals surface area contributed by atoms with Crippen molar-refractivity contribution in [3.05, 3.63) is 74.0 Å². The average molecular weight is 355 g/mol. The summed E-state index contributed by atoms with van der Waals surface area (Å²) in [5.74, 6) is -0.629. The van der Waals surface area contributed by atoms with Crippen molar-refractivity contribution in [2.24, 2.45) is 0 Å². The molecule has 0 radical (unpaired) electrons. The number of pyridine rings is 1. The Morgan fingerprint density at radius 2 is 1.78 bits per heavy atom. The lowest BCUT2D eigenvalue weighted by atomic mass is 10.2. The van der Waals surface area contributed by atoms with E-state index in [1.165, 1.54) is 33.5 Å². The fourth-order valence-electron chi connectivity index (χ4n) is 2.21. The van der Waals surface area contributed by atoms with Crippen molar-refractivity contribution < 1.29 is 10.2 Å². The van der Waals surface area contributed by atoms with Crippen molar-refractivity contribution in [2.45, 2.75) is 6.54 Å². The maximum atomic E-state index is 12.4. The highest BCUT2D eigenvalue weighted by atomic mass is 35.5. The molecule has 3 rings (SSSR count). The van der Waals surface area contributed by atoms with E-state index in [0.717, 1.165) is 0 Å². The summed E-state index contributed by atoms with van der Waals surface area (Å²) in [5, 5.41) is 20.0. The van der Waals surface area contributed by atoms with E-state index < -0.39 is 16.7 Å². The van der Waals surface area contributed by atoms with Gasteiger partial charge in [0, 0.05) is 35.2 Å². The second-order valence-corrected chi connectivity index (χ2v) is 5.23. The molecule has 1 aromatic carbocycles. The summed E-state index contributed by atoms with van der Waals surface area (Å²) in [6.07, 6.45) is 4.46. The number of phenolic OH excluding ortho intramolecular Hbond substituents is 1. The van der Waals surface area contributed by atoms with Crippen LogP contribution in [0.4, 0.5) is 0 Å². The van der Waals surface area contributed by atoms with Gasteiger partial charge < -0.3 is 19.2 Å². The summed E-state index contributed by atoms with van der Waals surface area (Å²) in [7, 11) is 0. The Hall–Kier alpha value is -2.44. The molecule has 3 aromatic rings. The van der Waals surface area contributed by atoms with Crippen molar-refractivity contribution in [3.8, 4) is 11.5 Å². The Morgan fingerprint density at radius 1 is 1.04 bits per heavy atom. The summed E-state index contributed by atoms with van der Waals surface area (Å²) in [5.41, 5.74) is -0.770. The van der Waals surface area contributed by atoms with Crippen molar-refractivity contribution in [3.63, 3.8) is 0 Å². The van der Waals surface area contributed by atoms with Crippen LogP contribution >= 0.6 is 24.0 Å². The van der Waals surface area contributed by atoms with Gasteiger partial charge in [-0.1, -0.05) is 17.7 Å². The quantitative estimate of drug-likeness (QED) is 0.737. The molecule has 0 amide bonds. The summed E-state index contributed by atoms with van der Waals surface area (Å²) in [6.45, 7) is 0.0842. The molecule has 8 heteroatoms. The maximum Gasteiger partial charge on any atom is 0.279 e. The molecule has 0 atom stereocenters. The van der Waals surface area contributed by atoms with Crippen molar-refractivity contribution in [1.29, 1.82) is 0 Å². The first kappa shape index (κ1) is 16.9. The van der Waals surface area contributed by atoms with Crippen LogP contribution in [0.25, 0.3) is 5.52 Å². The van der Waals surface area contributed by atoms with Gasteiger partial charge in [0.15, 0.2) is 11.3 Å². The number of hydrogen-bond donors (Lipinski definition) is 2. The predicted molar refractivity (Wildman–Crippen MR) is 89.1 cm³/mol. The normalized spacial score (nSPS) is 10.5. The third kappa shape index (κ3) is 3.04. The van der Waals surface area contributed by atoms with E-state index in [1.54, 1.807) is 18.3 Å². The molecular weight excluding hydrogens is 343 g/mol. The lowest BCUT2D eigenvalue weighted by molar-refractivity contribution is 0.464. The Bertz CT molecular complexity index is 995. The van der Waals surface area contributed by atoms with Crippen LogP contribution in [0.3, 0.4) is 0 Å². The fraction of sp³-hybridized carbons (Fsp3) is 0.0667. The van der Waals surface area contributed by atoms with E-state index in [2.05, 4.69) is 0 Å². The van der Waals surface area contributed by atoms with E-state index in [4.69, 9.17) is 11.6 Å². The van der Waals surface area contributed by atoms with E-state index >= 15 is 0 Å². The molecule has 23 heavy (non-hydrogen) atoms. The molecule has 120 valence electrons. The minimum absolute atomic E-state index is 0. The monoisotopic (exact) mass is 354 g/mol. The van der Waals surface area contributed by atoms with E-state index in [0.29, 0.717) is 10.6 Å². The molecule has 0 unspecified atom stereocenters. The molecule has 0 aliphatic heterocycles. The second kappa shape index (κ2) is 6.36. The summed E-state index contributed by atoms with van der Waals surface area (Å²) < 4.78 is 2.66. The number of benzene rings is 1. The first-order valence-corrected chi connectivity index (χ1v) is 6.76. The van der Waals surface area contributed by atoms with Gasteiger partial charge >= 0.3 is 0 Å². The molecular formula is C15H12Cl2N2O4. The molecule has 0 fully saturated rings. The molecule has 2 N–H and O–H groups in total. The highest BCUT2D eigenvalue weighted by Crippen LogP contribution is 2.22. The van der Waals surface area contributed by atoms with E-state index in [-0.39, 0.29) is 30.2 Å². The lowest BCUT2D eigenvalue weighted by Crippen LogP contribution is -2.24. The number of aromatic nitrogens is 2. The van der Waals surface area contributed by atoms with Crippen LogP contribution in [0.2, 0.25) is 5.02 Å². The number of phenols is 1. The standard InChI is InChI=1S/C15H11ClN2O4.ClH/c16-10-2-1-9(12(20)7-10)8-18-6-5-17-4-3-11(19)14(21)13(17)15(18)22;/h1-7,20-21H,8H2;1H. The van der Waals surface area contributed by atoms with E-state index in [1.807, 2.05) is 0 Å². The molecule has 0 saturated carbocycles. The van der Waals surface area contributed by atoms with Gasteiger partial charge in [0.1, 0.15) is 5.75 Å². The van der Waals surface area contributed by atoms with Crippen LogP contribution in [0, 0.1) is 0 Å². The summed E-state index contributed by atoms with van der Waals surface area (Å²) in [6, 6.07) is 5.76. The van der Waals surface area contributed by atoms with Crippen LogP contribution in [-0.2, 0) is 6.54 Å². The van der Waals surface area contributed by atoms with Gasteiger partial charge in [0.05, 0.1) is 6.54 Å². The van der Waals surface area contributed by atoms with E-state index in [9.17, 15) is 19.8 Å². The van der Waals surface area contributed by atoms with Crippen molar-refractivity contribution in [1.82, 2.24) is 8.97 Å². The molecule has 0 aliphatic rings. The van der Waals surface area contributed by atoms with Gasteiger partial charge in [0.25, 0.3) is 5.56 Å². The zero-order valence-electron chi connectivity index (χ0n) is 11.6. The highest BCUT2D eigenvalue weighted by molar-refractivity contribution is 6.30. The number of fused-ring (bicyclic) bond motifs is 1. The second-order valence-electron chi connectivity index (χ2n) is 4.79. The predicted octanol–water partition coefficient (Wildman–Crippen LogP) is 2.00. The van der Waals surface area contributed by atoms with Crippen LogP contribution < -0.4 is 11.0 Å². The average Bonchev–Trinajstić information content (AvgIpc) is 2.48. The Kier molecular flexibility index (Phi) is 4.68. The van der Waals surface area contributed by atoms with Gasteiger partial charge in [-0.15, -0.1) is 12.4 Å². The topological polar surface area (TPSA) is 83.9 Å². The lowest BCUT2D eigenvalue weighted by Gasteiger charge is -2.10. The summed E-state index contributed by atoms with van der Waals surface area (Å²) >= 11 is 5.77. The van der Waals surface area contributed by atoms with Crippen LogP contribution in [0.1, 0.15) is 5.56 Å². The zero-order valence-corrected chi connectivity index (χ0v) is 13.2. The minimum Gasteiger partial charge on any atom is -0.508 e. The molecule has 0 aliphatic carbocycles. The first-order chi connectivity index (χ1) is 10.5. The van der Waals surface area contributed by atoms with Gasteiger partial charge in [-0.25, -0.2) is 0 Å². The van der Waals surface area contributed by atoms with Crippen LogP contribution in [0.15, 0.2) is 52.4 Å². The van der Waals surface area contributed by atoms with Crippen molar-refractivity contribution >= 4 is 29.5 Å². The first-order valence-electron chi connectivity index (χ1n) is 6.38. The number of nitrogens with zero attached hydrogens (tertiary/aromatic N) is 2. The molecule has 2 heterocycles. The smallest absolute Gasteiger partial charge is 0.279 e. The minimum atomic E-state index is -0.621. The van der Waals surface area contributed by atoms with Crippen molar-refractivity contribution in [2.75, 3.05) is 0 Å². The number of halogens is 2. The van der Waals surface area contributed by atoms with Gasteiger partial charge in [-0.3, -0.25) is 9.59 Å². The molecule has 0 spiro atoms. The Labute approximate surface area is 141 Å². The fourth-order valence-corrected chi connectivity index (χ4v) is 2.38. The van der Waals surface area contributed by atoms with Gasteiger partial charge in [-0.05, 0) is 12.1 Å². The number of hydrogen-bond acceptors (Lipinski definition) is 4. The Morgan fingerprint density at radius 3 is 2.48 bits per heavy atom. The third-order valence-corrected chi connectivity index (χ3v) is 3.60. The van der Waals surface area contributed by atoms with Gasteiger partial charge in [0.2, 0.25) is 5.43 Å². The molecule has 6 nitrogen and oxygen atoms in total. The van der Waals surface area contributed by atoms with Crippen LogP contribution in [-0.4, -0.2) is 19.2 Å².